The summed E-state index contributed by atoms with van der Waals surface area (Å²) in [4.78, 5) is 0. The van der Waals surface area contributed by atoms with Gasteiger partial charge in [-0.1, -0.05) is 30.7 Å². The number of benzene rings is 2. The summed E-state index contributed by atoms with van der Waals surface area (Å²) in [7, 11) is 0. The number of phenolic OH excluding ortho intramolecular Hbond substituents is 1. The van der Waals surface area contributed by atoms with E-state index in [0.29, 0.717) is 37.2 Å². The van der Waals surface area contributed by atoms with Crippen LogP contribution in [0.2, 0.25) is 5.02 Å². The van der Waals surface area contributed by atoms with Gasteiger partial charge >= 0.3 is 0 Å². The van der Waals surface area contributed by atoms with Crippen LogP contribution in [0.5, 0.6) is 5.75 Å². The average molecular weight is 458 g/mol. The molecule has 3 aromatic rings. The highest BCUT2D eigenvalue weighted by Crippen LogP contribution is 2.37. The maximum Gasteiger partial charge on any atom is 0.153 e. The molecule has 0 amide bonds. The molecule has 1 heterocycles. The van der Waals surface area contributed by atoms with E-state index in [1.54, 1.807) is 18.2 Å². The highest BCUT2D eigenvalue weighted by Gasteiger charge is 2.21. The maximum atomic E-state index is 9.85. The van der Waals surface area contributed by atoms with Crippen molar-refractivity contribution in [2.45, 2.75) is 13.3 Å². The van der Waals surface area contributed by atoms with Crippen molar-refractivity contribution in [2.75, 3.05) is 0 Å². The highest BCUT2D eigenvalue weighted by atomic mass is 79.9. The van der Waals surface area contributed by atoms with Crippen LogP contribution in [0.3, 0.4) is 0 Å². The van der Waals surface area contributed by atoms with Gasteiger partial charge in [0.05, 0.1) is 19.7 Å². The molecule has 118 valence electrons. The molecule has 0 saturated heterocycles. The van der Waals surface area contributed by atoms with Gasteiger partial charge < -0.3 is 9.52 Å². The van der Waals surface area contributed by atoms with E-state index >= 15 is 0 Å². The predicted molar refractivity (Wildman–Crippen MR) is 100 cm³/mol. The van der Waals surface area contributed by atoms with Crippen molar-refractivity contribution in [1.82, 2.24) is 0 Å². The minimum absolute atomic E-state index is 0.109. The van der Waals surface area contributed by atoms with Crippen molar-refractivity contribution in [3.8, 4) is 5.75 Å². The molecule has 6 heteroatoms. The minimum Gasteiger partial charge on any atom is -0.506 e. The summed E-state index contributed by atoms with van der Waals surface area (Å²) < 4.78 is 6.91. The molecule has 0 unspecified atom stereocenters. The fraction of sp³-hybridized carbons (Fsp3) is 0.118. The average Bonchev–Trinajstić information content (AvgIpc) is 2.91. The van der Waals surface area contributed by atoms with Gasteiger partial charge in [0.2, 0.25) is 0 Å². The largest absolute Gasteiger partial charge is 0.506 e. The zero-order valence-corrected chi connectivity index (χ0v) is 16.0. The molecule has 0 bridgehead atoms. The van der Waals surface area contributed by atoms with E-state index < -0.39 is 0 Å². The quantitative estimate of drug-likeness (QED) is 0.454. The van der Waals surface area contributed by atoms with Gasteiger partial charge in [-0.2, -0.15) is 0 Å². The molecule has 23 heavy (non-hydrogen) atoms. The fourth-order valence-corrected chi connectivity index (χ4v) is 3.91. The Kier molecular flexibility index (Phi) is 4.54. The van der Waals surface area contributed by atoms with Crippen LogP contribution in [0.1, 0.15) is 23.8 Å². The summed E-state index contributed by atoms with van der Waals surface area (Å²) in [6, 6.07) is 8.95. The molecule has 1 aromatic heterocycles. The molecule has 0 spiro atoms. The van der Waals surface area contributed by atoms with Crippen molar-refractivity contribution in [3.05, 3.63) is 61.2 Å². The first-order valence-electron chi connectivity index (χ1n) is 6.91. The van der Waals surface area contributed by atoms with Crippen LogP contribution in [-0.4, -0.2) is 10.8 Å². The molecule has 0 radical (unpaired) electrons. The molecule has 0 saturated carbocycles. The Bertz CT molecular complexity index is 911. The van der Waals surface area contributed by atoms with Crippen molar-refractivity contribution < 1.29 is 9.52 Å². The summed E-state index contributed by atoms with van der Waals surface area (Å²) >= 11 is 12.8. The van der Waals surface area contributed by atoms with E-state index in [1.807, 2.05) is 19.1 Å². The van der Waals surface area contributed by atoms with Gasteiger partial charge in [-0.15, -0.1) is 0 Å². The molecule has 0 atom stereocenters. The van der Waals surface area contributed by atoms with Crippen LogP contribution in [-0.2, 0) is 6.42 Å². The molecule has 0 aliphatic heterocycles. The number of halogens is 3. The summed E-state index contributed by atoms with van der Waals surface area (Å²) in [6.07, 6.45) is 0.656. The second-order valence-electron chi connectivity index (χ2n) is 5.03. The first kappa shape index (κ1) is 16.6. The number of phenols is 1. The number of para-hydroxylation sites is 1. The lowest BCUT2D eigenvalue weighted by molar-refractivity contribution is 0.468. The van der Waals surface area contributed by atoms with Crippen molar-refractivity contribution in [2.24, 2.45) is 0 Å². The number of fused-ring (bicyclic) bond motifs is 1. The Labute approximate surface area is 155 Å². The second kappa shape index (κ2) is 6.30. The van der Waals surface area contributed by atoms with Gasteiger partial charge in [-0.25, -0.2) is 0 Å². The summed E-state index contributed by atoms with van der Waals surface area (Å²) in [6.45, 7) is 1.98. The van der Waals surface area contributed by atoms with Crippen molar-refractivity contribution in [3.63, 3.8) is 0 Å². The SMILES string of the molecule is CCc1oc2c(Cl)cccc2c1C(=N)c1cc(Br)c(O)c(Br)c1. The van der Waals surface area contributed by atoms with Crippen LogP contribution >= 0.6 is 43.5 Å². The van der Waals surface area contributed by atoms with Gasteiger partial charge in [0.15, 0.2) is 5.58 Å². The standard InChI is InChI=1S/C17H12Br2ClNO2/c1-2-13-14(9-4-3-5-12(20)17(9)23-13)15(21)8-6-10(18)16(22)11(19)7-8/h3-7,21-22H,2H2,1H3. The van der Waals surface area contributed by atoms with Crippen LogP contribution in [0, 0.1) is 5.41 Å². The number of aryl methyl sites for hydroxylation is 1. The van der Waals surface area contributed by atoms with E-state index in [1.165, 1.54) is 0 Å². The Morgan fingerprint density at radius 3 is 2.52 bits per heavy atom. The monoisotopic (exact) mass is 455 g/mol. The van der Waals surface area contributed by atoms with Crippen LogP contribution in [0.4, 0.5) is 0 Å². The lowest BCUT2D eigenvalue weighted by atomic mass is 9.98. The van der Waals surface area contributed by atoms with Crippen molar-refractivity contribution >= 4 is 60.1 Å². The minimum atomic E-state index is 0.109. The fourth-order valence-electron chi connectivity index (χ4n) is 2.51. The number of furan rings is 1. The summed E-state index contributed by atoms with van der Waals surface area (Å²) in [5.74, 6) is 0.829. The molecule has 0 fully saturated rings. The predicted octanol–water partition coefficient (Wildman–Crippen LogP) is 6.30. The summed E-state index contributed by atoms with van der Waals surface area (Å²) in [5.41, 5.74) is 2.32. The van der Waals surface area contributed by atoms with E-state index in [0.717, 1.165) is 16.7 Å². The number of hydrogen-bond donors (Lipinski definition) is 2. The molecule has 0 aliphatic carbocycles. The Morgan fingerprint density at radius 1 is 1.26 bits per heavy atom. The van der Waals surface area contributed by atoms with Gasteiger partial charge in [0.1, 0.15) is 11.5 Å². The van der Waals surface area contributed by atoms with E-state index in [4.69, 9.17) is 21.4 Å². The molecular formula is C17H12Br2ClNO2. The maximum absolute atomic E-state index is 9.85. The van der Waals surface area contributed by atoms with E-state index in [-0.39, 0.29) is 5.75 Å². The third-order valence-electron chi connectivity index (χ3n) is 3.62. The molecule has 0 aliphatic rings. The third-order valence-corrected chi connectivity index (χ3v) is 5.12. The first-order valence-corrected chi connectivity index (χ1v) is 8.87. The molecule has 3 rings (SSSR count). The lowest BCUT2D eigenvalue weighted by Gasteiger charge is -2.08. The topological polar surface area (TPSA) is 57.2 Å². The number of nitrogens with one attached hydrogen (secondary N) is 1. The Balaban J connectivity index is 2.24. The van der Waals surface area contributed by atoms with Crippen molar-refractivity contribution in [1.29, 1.82) is 5.41 Å². The smallest absolute Gasteiger partial charge is 0.153 e. The first-order chi connectivity index (χ1) is 10.9. The van der Waals surface area contributed by atoms with Gasteiger partial charge in [0.25, 0.3) is 0 Å². The van der Waals surface area contributed by atoms with Crippen LogP contribution < -0.4 is 0 Å². The zero-order valence-electron chi connectivity index (χ0n) is 12.1. The highest BCUT2D eigenvalue weighted by molar-refractivity contribution is 9.11. The van der Waals surface area contributed by atoms with Gasteiger partial charge in [0, 0.05) is 22.9 Å². The third kappa shape index (κ3) is 2.82. The Hall–Kier alpha value is -1.30. The van der Waals surface area contributed by atoms with E-state index in [2.05, 4.69) is 31.9 Å². The van der Waals surface area contributed by atoms with Gasteiger partial charge in [-0.05, 0) is 50.1 Å². The van der Waals surface area contributed by atoms with Crippen LogP contribution in [0.15, 0.2) is 43.7 Å². The summed E-state index contributed by atoms with van der Waals surface area (Å²) in [5, 5.41) is 19.8. The Morgan fingerprint density at radius 2 is 1.91 bits per heavy atom. The van der Waals surface area contributed by atoms with E-state index in [9.17, 15) is 5.11 Å². The second-order valence-corrected chi connectivity index (χ2v) is 7.15. The number of hydrogen-bond acceptors (Lipinski definition) is 3. The molecule has 3 nitrogen and oxygen atoms in total. The van der Waals surface area contributed by atoms with Crippen LogP contribution in [0.25, 0.3) is 11.0 Å². The molecule has 2 aromatic carbocycles. The number of rotatable bonds is 3. The lowest BCUT2D eigenvalue weighted by Crippen LogP contribution is -2.04. The normalized spacial score (nSPS) is 11.1. The molecular weight excluding hydrogens is 445 g/mol. The number of aromatic hydroxyl groups is 1. The zero-order chi connectivity index (χ0) is 16.7. The molecule has 2 N–H and O–H groups in total. The van der Waals surface area contributed by atoms with Gasteiger partial charge in [-0.3, -0.25) is 5.41 Å².